The molecule has 18 heavy (non-hydrogen) atoms. The van der Waals surface area contributed by atoms with E-state index in [1.807, 2.05) is 0 Å². The molecular weight excluding hydrogens is 256 g/mol. The van der Waals surface area contributed by atoms with Crippen LogP contribution in [0.15, 0.2) is 23.1 Å². The minimum absolute atomic E-state index is 0.331. The van der Waals surface area contributed by atoms with Crippen LogP contribution in [0.5, 0.6) is 0 Å². The van der Waals surface area contributed by atoms with Gasteiger partial charge in [0.15, 0.2) is 0 Å². The van der Waals surface area contributed by atoms with Crippen molar-refractivity contribution in [3.8, 4) is 0 Å². The zero-order chi connectivity index (χ0) is 12.8. The Morgan fingerprint density at radius 3 is 3.00 bits per heavy atom. The van der Waals surface area contributed by atoms with E-state index in [1.54, 1.807) is 0 Å². The molecule has 1 aliphatic rings. The normalized spacial score (nSPS) is 19.3. The smallest absolute Gasteiger partial charge is 0.139 e. The fourth-order valence-electron chi connectivity index (χ4n) is 1.89. The van der Waals surface area contributed by atoms with Gasteiger partial charge in [-0.3, -0.25) is 0 Å². The topological polar surface area (TPSA) is 21.3 Å². The van der Waals surface area contributed by atoms with Crippen molar-refractivity contribution in [1.29, 1.82) is 0 Å². The van der Waals surface area contributed by atoms with Crippen molar-refractivity contribution < 1.29 is 13.5 Å². The van der Waals surface area contributed by atoms with Crippen LogP contribution in [-0.2, 0) is 4.74 Å². The van der Waals surface area contributed by atoms with E-state index in [4.69, 9.17) is 4.74 Å². The van der Waals surface area contributed by atoms with Crippen molar-refractivity contribution in [3.05, 3.63) is 29.8 Å². The molecule has 1 aliphatic heterocycles. The van der Waals surface area contributed by atoms with Crippen LogP contribution in [0.3, 0.4) is 0 Å². The summed E-state index contributed by atoms with van der Waals surface area (Å²) in [7, 11) is 0. The van der Waals surface area contributed by atoms with Gasteiger partial charge in [-0.15, -0.1) is 11.8 Å². The lowest BCUT2D eigenvalue weighted by atomic mass is 10.2. The van der Waals surface area contributed by atoms with E-state index in [9.17, 15) is 8.78 Å². The molecule has 1 heterocycles. The number of halogens is 2. The molecule has 2 rings (SSSR count). The van der Waals surface area contributed by atoms with Gasteiger partial charge in [0.25, 0.3) is 0 Å². The van der Waals surface area contributed by atoms with Crippen molar-refractivity contribution in [3.63, 3.8) is 0 Å². The fourth-order valence-corrected chi connectivity index (χ4v) is 2.72. The van der Waals surface area contributed by atoms with Crippen molar-refractivity contribution in [2.75, 3.05) is 25.4 Å². The first-order valence-electron chi connectivity index (χ1n) is 6.16. The van der Waals surface area contributed by atoms with E-state index in [0.717, 1.165) is 44.4 Å². The summed E-state index contributed by atoms with van der Waals surface area (Å²) < 4.78 is 31.5. The first kappa shape index (κ1) is 13.8. The Bertz CT molecular complexity index is 383. The van der Waals surface area contributed by atoms with Gasteiger partial charge in [-0.25, -0.2) is 8.78 Å². The van der Waals surface area contributed by atoms with Gasteiger partial charge in [-0.1, -0.05) is 0 Å². The molecule has 1 saturated heterocycles. The molecular formula is C13H17F2NOS. The second-order valence-corrected chi connectivity index (χ2v) is 5.40. The van der Waals surface area contributed by atoms with Crippen LogP contribution < -0.4 is 5.32 Å². The minimum Gasteiger partial charge on any atom is -0.377 e. The summed E-state index contributed by atoms with van der Waals surface area (Å²) in [6, 6.07) is 3.68. The number of benzene rings is 1. The second-order valence-electron chi connectivity index (χ2n) is 4.26. The average Bonchev–Trinajstić information content (AvgIpc) is 2.84. The van der Waals surface area contributed by atoms with Crippen LogP contribution in [0.2, 0.25) is 0 Å². The van der Waals surface area contributed by atoms with Gasteiger partial charge < -0.3 is 10.1 Å². The first-order valence-corrected chi connectivity index (χ1v) is 7.14. The van der Waals surface area contributed by atoms with Gasteiger partial charge in [-0.05, 0) is 25.0 Å². The van der Waals surface area contributed by atoms with Gasteiger partial charge >= 0.3 is 0 Å². The quantitative estimate of drug-likeness (QED) is 0.636. The molecule has 0 radical (unpaired) electrons. The molecule has 0 bridgehead atoms. The summed E-state index contributed by atoms with van der Waals surface area (Å²) in [6.45, 7) is 2.51. The molecule has 5 heteroatoms. The van der Waals surface area contributed by atoms with E-state index in [1.165, 1.54) is 23.9 Å². The highest BCUT2D eigenvalue weighted by molar-refractivity contribution is 7.99. The summed E-state index contributed by atoms with van der Waals surface area (Å²) in [5.74, 6) is -0.262. The Morgan fingerprint density at radius 2 is 2.28 bits per heavy atom. The molecule has 1 N–H and O–H groups in total. The summed E-state index contributed by atoms with van der Waals surface area (Å²) in [6.07, 6.45) is 2.59. The predicted molar refractivity (Wildman–Crippen MR) is 68.9 cm³/mol. The van der Waals surface area contributed by atoms with Crippen LogP contribution in [0.1, 0.15) is 12.8 Å². The maximum absolute atomic E-state index is 13.3. The Morgan fingerprint density at radius 1 is 1.39 bits per heavy atom. The first-order chi connectivity index (χ1) is 8.75. The Kier molecular flexibility index (Phi) is 5.41. The SMILES string of the molecule is Fc1ccc(SCCNCC2CCCO2)c(F)c1. The maximum atomic E-state index is 13.3. The number of hydrogen-bond acceptors (Lipinski definition) is 3. The van der Waals surface area contributed by atoms with Crippen molar-refractivity contribution in [2.24, 2.45) is 0 Å². The van der Waals surface area contributed by atoms with Crippen molar-refractivity contribution in [1.82, 2.24) is 5.32 Å². The molecule has 0 aromatic heterocycles. The van der Waals surface area contributed by atoms with Crippen LogP contribution >= 0.6 is 11.8 Å². The zero-order valence-electron chi connectivity index (χ0n) is 10.1. The van der Waals surface area contributed by atoms with E-state index in [0.29, 0.717) is 11.0 Å². The Labute approximate surface area is 110 Å². The van der Waals surface area contributed by atoms with E-state index in [-0.39, 0.29) is 0 Å². The van der Waals surface area contributed by atoms with Gasteiger partial charge in [-0.2, -0.15) is 0 Å². The Balaban J connectivity index is 1.62. The third-order valence-corrected chi connectivity index (χ3v) is 3.88. The number of nitrogens with one attached hydrogen (secondary N) is 1. The maximum Gasteiger partial charge on any atom is 0.139 e. The number of thioether (sulfide) groups is 1. The van der Waals surface area contributed by atoms with E-state index >= 15 is 0 Å². The lowest BCUT2D eigenvalue weighted by Crippen LogP contribution is -2.27. The molecule has 1 fully saturated rings. The molecule has 1 aromatic carbocycles. The lowest BCUT2D eigenvalue weighted by Gasteiger charge is -2.10. The van der Waals surface area contributed by atoms with Crippen LogP contribution in [-0.4, -0.2) is 31.6 Å². The Hall–Kier alpha value is -0.650. The summed E-state index contributed by atoms with van der Waals surface area (Å²) in [4.78, 5) is 0.496. The molecule has 1 atom stereocenters. The zero-order valence-corrected chi connectivity index (χ0v) is 10.9. The third-order valence-electron chi connectivity index (χ3n) is 2.83. The molecule has 0 aliphatic carbocycles. The van der Waals surface area contributed by atoms with E-state index in [2.05, 4.69) is 5.32 Å². The van der Waals surface area contributed by atoms with Crippen LogP contribution in [0.25, 0.3) is 0 Å². The van der Waals surface area contributed by atoms with Gasteiger partial charge in [0.1, 0.15) is 11.6 Å². The number of rotatable bonds is 6. The molecule has 0 saturated carbocycles. The number of ether oxygens (including phenoxy) is 1. The van der Waals surface area contributed by atoms with Gasteiger partial charge in [0.05, 0.1) is 6.10 Å². The van der Waals surface area contributed by atoms with Crippen molar-refractivity contribution in [2.45, 2.75) is 23.8 Å². The molecule has 1 unspecified atom stereocenters. The molecule has 1 aromatic rings. The summed E-state index contributed by atoms with van der Waals surface area (Å²) >= 11 is 1.39. The molecule has 0 amide bonds. The third kappa shape index (κ3) is 4.23. The second kappa shape index (κ2) is 7.07. The van der Waals surface area contributed by atoms with Gasteiger partial charge in [0, 0.05) is 36.4 Å². The van der Waals surface area contributed by atoms with E-state index < -0.39 is 11.6 Å². The molecule has 0 spiro atoms. The lowest BCUT2D eigenvalue weighted by molar-refractivity contribution is 0.110. The molecule has 2 nitrogen and oxygen atoms in total. The van der Waals surface area contributed by atoms with Crippen molar-refractivity contribution >= 4 is 11.8 Å². The minimum atomic E-state index is -0.534. The standard InChI is InChI=1S/C13H17F2NOS/c14-10-3-4-13(12(15)8-10)18-7-5-16-9-11-2-1-6-17-11/h3-4,8,11,16H,1-2,5-7,9H2. The summed E-state index contributed by atoms with van der Waals surface area (Å²) in [5.41, 5.74) is 0. The largest absolute Gasteiger partial charge is 0.377 e. The number of hydrogen-bond donors (Lipinski definition) is 1. The fraction of sp³-hybridized carbons (Fsp3) is 0.538. The van der Waals surface area contributed by atoms with Crippen LogP contribution in [0, 0.1) is 11.6 Å². The highest BCUT2D eigenvalue weighted by Gasteiger charge is 2.14. The van der Waals surface area contributed by atoms with Crippen LogP contribution in [0.4, 0.5) is 8.78 Å². The monoisotopic (exact) mass is 273 g/mol. The highest BCUT2D eigenvalue weighted by Crippen LogP contribution is 2.21. The van der Waals surface area contributed by atoms with Gasteiger partial charge in [0.2, 0.25) is 0 Å². The molecule has 100 valence electrons. The summed E-state index contributed by atoms with van der Waals surface area (Å²) in [5, 5.41) is 3.29. The highest BCUT2D eigenvalue weighted by atomic mass is 32.2. The predicted octanol–water partition coefficient (Wildman–Crippen LogP) is 2.83. The average molecular weight is 273 g/mol.